The van der Waals surface area contributed by atoms with E-state index in [4.69, 9.17) is 14.4 Å². The second-order valence-corrected chi connectivity index (χ2v) is 16.4. The van der Waals surface area contributed by atoms with Gasteiger partial charge in [0.05, 0.1) is 11.0 Å². The molecule has 54 heavy (non-hydrogen) atoms. The molecule has 3 heterocycles. The van der Waals surface area contributed by atoms with Crippen molar-refractivity contribution in [2.45, 2.75) is 0 Å². The lowest BCUT2D eigenvalue weighted by molar-refractivity contribution is 0.669. The van der Waals surface area contributed by atoms with E-state index in [0.29, 0.717) is 0 Å². The molecule has 1 aliphatic rings. The molecule has 4 nitrogen and oxygen atoms in total. The number of furan rings is 1. The highest BCUT2D eigenvalue weighted by atomic mass is 127. The van der Waals surface area contributed by atoms with Crippen molar-refractivity contribution in [2.24, 2.45) is 9.98 Å². The molecular weight excluding hydrogens is 773 g/mol. The molecule has 0 saturated carbocycles. The molecule has 5 heteroatoms. The third-order valence-electron chi connectivity index (χ3n) is 10.9. The Morgan fingerprint density at radius 3 is 1.85 bits per heavy atom. The average molecular weight is 802 g/mol. The lowest BCUT2D eigenvalue weighted by Gasteiger charge is -2.16. The number of aliphatic imine (C=N–C) groups is 2. The van der Waals surface area contributed by atoms with Gasteiger partial charge in [-0.15, -0.1) is 0 Å². The van der Waals surface area contributed by atoms with Gasteiger partial charge < -0.3 is 4.42 Å². The number of halogens is 1. The van der Waals surface area contributed by atoms with Gasteiger partial charge in [-0.05, 0) is 88.8 Å². The molecule has 0 amide bonds. The van der Waals surface area contributed by atoms with E-state index in [1.165, 1.54) is 53.9 Å². The lowest BCUT2D eigenvalue weighted by Crippen LogP contribution is -2.16. The molecule has 0 unspecified atom stereocenters. The molecule has 0 N–H and O–H groups in total. The molecule has 2 aromatic heterocycles. The molecule has 252 valence electrons. The van der Waals surface area contributed by atoms with Gasteiger partial charge in [0.25, 0.3) is 0 Å². The number of hydrogen-bond acceptors (Lipinski definition) is 3. The standard InChI is InChI=1S/C49H28IN3O/c1-2-13-29(14-3-1)48-51-47(38-22-12-24-43-44(38)37-21-10-11-23-42(37)54-43)50-49(52-48)53-40-26-25-36-34-19-7-6-17-32(34)33-18-8-9-20-35(33)45(36)46(40)39-27-30-15-4-5-16-31(30)28-41(39)53/h1-28H. The highest BCUT2D eigenvalue weighted by Crippen LogP contribution is 2.44. The first-order chi connectivity index (χ1) is 26.8. The molecule has 0 bridgehead atoms. The largest absolute Gasteiger partial charge is 0.456 e. The smallest absolute Gasteiger partial charge is 0.174 e. The fraction of sp³-hybridized carbons (Fsp3) is 0. The second-order valence-electron chi connectivity index (χ2n) is 13.9. The number of hydrogen-bond donors (Lipinski definition) is 0. The zero-order valence-electron chi connectivity index (χ0n) is 28.8. The zero-order valence-corrected chi connectivity index (χ0v) is 31.0. The summed E-state index contributed by atoms with van der Waals surface area (Å²) in [6.45, 7) is 0. The van der Waals surface area contributed by atoms with Crippen LogP contribution in [0.4, 0.5) is 0 Å². The number of para-hydroxylation sites is 1. The summed E-state index contributed by atoms with van der Waals surface area (Å²) in [5.41, 5.74) is 6.19. The van der Waals surface area contributed by atoms with Crippen LogP contribution in [0.25, 0.3) is 86.8 Å². The molecule has 0 saturated heterocycles. The van der Waals surface area contributed by atoms with E-state index < -0.39 is 20.7 Å². The number of aromatic nitrogens is 1. The first-order valence-corrected chi connectivity index (χ1v) is 20.3. The quantitative estimate of drug-likeness (QED) is 0.127. The Labute approximate surface area is 319 Å². The SMILES string of the molecule is c1ccc(C2=NC(c3cccc4oc5ccccc5c34)=IC(n3c4cc5ccccc5cc4c4c5c6ccccc6c6ccccc6c5ccc43)=N2)cc1. The first kappa shape index (κ1) is 30.1. The molecule has 0 spiro atoms. The third-order valence-corrected chi connectivity index (χ3v) is 13.5. The van der Waals surface area contributed by atoms with Crippen molar-refractivity contribution < 1.29 is 4.42 Å². The minimum absolute atomic E-state index is 0.726. The minimum Gasteiger partial charge on any atom is -0.456 e. The number of rotatable bonds is 2. The van der Waals surface area contributed by atoms with E-state index >= 15 is 0 Å². The summed E-state index contributed by atoms with van der Waals surface area (Å²) in [6.07, 6.45) is 0. The van der Waals surface area contributed by atoms with Crippen LogP contribution in [0.3, 0.4) is 0 Å². The van der Waals surface area contributed by atoms with Gasteiger partial charge in [-0.3, -0.25) is 4.57 Å². The van der Waals surface area contributed by atoms with Crippen LogP contribution in [0.2, 0.25) is 0 Å². The summed E-state index contributed by atoms with van der Waals surface area (Å²) in [5.74, 6) is 0.726. The maximum atomic E-state index is 6.37. The van der Waals surface area contributed by atoms with Gasteiger partial charge in [-0.25, -0.2) is 9.98 Å². The Balaban J connectivity index is 1.24. The van der Waals surface area contributed by atoms with Gasteiger partial charge in [0.2, 0.25) is 0 Å². The predicted octanol–water partition coefficient (Wildman–Crippen LogP) is 13.1. The summed E-state index contributed by atoms with van der Waals surface area (Å²) in [7, 11) is 0. The van der Waals surface area contributed by atoms with Crippen LogP contribution in [0.5, 0.6) is 0 Å². The number of nitrogens with zero attached hydrogens (tertiary/aromatic N) is 3. The monoisotopic (exact) mass is 801 g/mol. The molecule has 11 aromatic rings. The molecule has 0 aliphatic carbocycles. The molecule has 0 atom stereocenters. The normalized spacial score (nSPS) is 13.7. The molecular formula is C49H28IN3O. The fourth-order valence-electron chi connectivity index (χ4n) is 8.58. The van der Waals surface area contributed by atoms with Crippen molar-refractivity contribution in [2.75, 3.05) is 0 Å². The highest BCUT2D eigenvalue weighted by Gasteiger charge is 2.24. The second kappa shape index (κ2) is 11.5. The molecule has 9 aromatic carbocycles. The van der Waals surface area contributed by atoms with Crippen LogP contribution in [0.15, 0.2) is 184 Å². The van der Waals surface area contributed by atoms with Crippen molar-refractivity contribution >= 4 is 121 Å². The maximum absolute atomic E-state index is 6.37. The molecule has 0 radical (unpaired) electrons. The van der Waals surface area contributed by atoms with E-state index in [-0.39, 0.29) is 0 Å². The van der Waals surface area contributed by atoms with E-state index in [0.717, 1.165) is 57.4 Å². The maximum Gasteiger partial charge on any atom is 0.174 e. The van der Waals surface area contributed by atoms with Gasteiger partial charge in [-0.1, -0.05) is 140 Å². The van der Waals surface area contributed by atoms with Crippen LogP contribution in [0.1, 0.15) is 11.1 Å². The number of amidine groups is 1. The zero-order chi connectivity index (χ0) is 35.3. The van der Waals surface area contributed by atoms with Crippen LogP contribution in [0, 0.1) is 0 Å². The summed E-state index contributed by atoms with van der Waals surface area (Å²) in [6, 6.07) is 60.9. The van der Waals surface area contributed by atoms with Crippen LogP contribution in [-0.2, 0) is 0 Å². The van der Waals surface area contributed by atoms with Gasteiger partial charge in [0, 0.05) is 38.1 Å². The molecule has 12 rings (SSSR count). The Bertz CT molecular complexity index is 3460. The summed E-state index contributed by atoms with van der Waals surface area (Å²) < 4.78 is 10.9. The van der Waals surface area contributed by atoms with Crippen molar-refractivity contribution in [3.05, 3.63) is 181 Å². The number of benzene rings is 9. The van der Waals surface area contributed by atoms with E-state index in [1.54, 1.807) is 0 Å². The summed E-state index contributed by atoms with van der Waals surface area (Å²) in [4.78, 5) is 10.9. The Morgan fingerprint density at radius 2 is 1.06 bits per heavy atom. The summed E-state index contributed by atoms with van der Waals surface area (Å²) in [5, 5.41) is 14.8. The topological polar surface area (TPSA) is 42.8 Å². The van der Waals surface area contributed by atoms with Gasteiger partial charge >= 0.3 is 0 Å². The Kier molecular flexibility index (Phi) is 6.42. The Hall–Kier alpha value is -6.44. The van der Waals surface area contributed by atoms with Gasteiger partial charge in [-0.2, -0.15) is 0 Å². The first-order valence-electron chi connectivity index (χ1n) is 18.1. The lowest BCUT2D eigenvalue weighted by atomic mass is 9.91. The fourth-order valence-corrected chi connectivity index (χ4v) is 11.2. The van der Waals surface area contributed by atoms with Gasteiger partial charge in [0.1, 0.15) is 14.8 Å². The summed E-state index contributed by atoms with van der Waals surface area (Å²) >= 11 is -0.881. The molecule has 1 aliphatic heterocycles. The predicted molar refractivity (Wildman–Crippen MR) is 237 cm³/mol. The van der Waals surface area contributed by atoms with E-state index in [1.807, 2.05) is 18.2 Å². The van der Waals surface area contributed by atoms with Crippen LogP contribution < -0.4 is 0 Å². The minimum atomic E-state index is -0.881. The van der Waals surface area contributed by atoms with E-state index in [2.05, 4.69) is 156 Å². The van der Waals surface area contributed by atoms with Crippen molar-refractivity contribution in [3.63, 3.8) is 0 Å². The van der Waals surface area contributed by atoms with E-state index in [9.17, 15) is 0 Å². The van der Waals surface area contributed by atoms with Crippen molar-refractivity contribution in [1.29, 1.82) is 0 Å². The van der Waals surface area contributed by atoms with Crippen molar-refractivity contribution in [1.82, 2.24) is 4.57 Å². The van der Waals surface area contributed by atoms with Crippen LogP contribution in [-0.4, -0.2) is 17.9 Å². The van der Waals surface area contributed by atoms with Crippen LogP contribution >= 0.6 is 20.7 Å². The highest BCUT2D eigenvalue weighted by molar-refractivity contribution is 14.2. The number of fused-ring (bicyclic) bond motifs is 14. The molecule has 0 fully saturated rings. The third kappa shape index (κ3) is 4.33. The Morgan fingerprint density at radius 1 is 0.426 bits per heavy atom. The average Bonchev–Trinajstić information content (AvgIpc) is 3.78. The van der Waals surface area contributed by atoms with Gasteiger partial charge in [0.15, 0.2) is 9.68 Å². The van der Waals surface area contributed by atoms with Crippen molar-refractivity contribution in [3.8, 4) is 0 Å².